The summed E-state index contributed by atoms with van der Waals surface area (Å²) in [5.41, 5.74) is 2.53. The molecule has 0 spiro atoms. The largest absolute Gasteiger partial charge is 0.312 e. The van der Waals surface area contributed by atoms with E-state index in [0.29, 0.717) is 16.6 Å². The van der Waals surface area contributed by atoms with E-state index in [1.54, 1.807) is 24.3 Å². The summed E-state index contributed by atoms with van der Waals surface area (Å²) in [6.07, 6.45) is 0.825. The van der Waals surface area contributed by atoms with Crippen LogP contribution in [0, 0.1) is 0 Å². The van der Waals surface area contributed by atoms with Gasteiger partial charge in [-0.05, 0) is 17.7 Å². The molecule has 0 amide bonds. The quantitative estimate of drug-likeness (QED) is 0.925. The van der Waals surface area contributed by atoms with E-state index in [-0.39, 0.29) is 12.1 Å². The fraction of sp³-hybridized carbons (Fsp3) is 0.286. The summed E-state index contributed by atoms with van der Waals surface area (Å²) in [5.74, 6) is 0. The van der Waals surface area contributed by atoms with Crippen LogP contribution in [0.15, 0.2) is 29.1 Å². The van der Waals surface area contributed by atoms with E-state index in [1.165, 1.54) is 4.68 Å². The molecule has 2 heterocycles. The number of fused-ring (bicyclic) bond motifs is 1. The zero-order valence-corrected chi connectivity index (χ0v) is 12.2. The fourth-order valence-corrected chi connectivity index (χ4v) is 2.82. The van der Waals surface area contributed by atoms with Gasteiger partial charge >= 0.3 is 0 Å². The molecule has 0 saturated carbocycles. The van der Waals surface area contributed by atoms with Crippen molar-refractivity contribution in [2.24, 2.45) is 0 Å². The molecule has 2 aromatic rings. The molecule has 4 nitrogen and oxygen atoms in total. The molecule has 20 heavy (non-hydrogen) atoms. The molecule has 1 aliphatic heterocycles. The topological polar surface area (TPSA) is 46.9 Å². The van der Waals surface area contributed by atoms with Crippen molar-refractivity contribution in [1.29, 1.82) is 0 Å². The second-order valence-corrected chi connectivity index (χ2v) is 5.55. The van der Waals surface area contributed by atoms with Crippen LogP contribution in [-0.4, -0.2) is 16.3 Å². The lowest BCUT2D eigenvalue weighted by atomic mass is 10.1. The Bertz CT molecular complexity index is 692. The molecule has 6 heteroatoms. The Kier molecular flexibility index (Phi) is 3.78. The summed E-state index contributed by atoms with van der Waals surface area (Å²) >= 11 is 12.3. The number of hydrogen-bond donors (Lipinski definition) is 1. The van der Waals surface area contributed by atoms with Crippen LogP contribution in [0.2, 0.25) is 10.0 Å². The third-order valence-electron chi connectivity index (χ3n) is 3.39. The van der Waals surface area contributed by atoms with Crippen molar-refractivity contribution in [1.82, 2.24) is 15.1 Å². The Morgan fingerprint density at radius 1 is 1.30 bits per heavy atom. The molecule has 0 radical (unpaired) electrons. The van der Waals surface area contributed by atoms with Gasteiger partial charge in [0.15, 0.2) is 0 Å². The molecule has 0 fully saturated rings. The van der Waals surface area contributed by atoms with Gasteiger partial charge in [-0.2, -0.15) is 5.10 Å². The molecule has 0 saturated heterocycles. The van der Waals surface area contributed by atoms with Gasteiger partial charge in [-0.25, -0.2) is 4.68 Å². The molecule has 1 aromatic heterocycles. The molecule has 0 aliphatic carbocycles. The van der Waals surface area contributed by atoms with Gasteiger partial charge in [0.1, 0.15) is 0 Å². The van der Waals surface area contributed by atoms with Crippen molar-refractivity contribution in [3.05, 3.63) is 61.5 Å². The van der Waals surface area contributed by atoms with E-state index in [1.807, 2.05) is 0 Å². The SMILES string of the molecule is O=c1cc2c(nn1Cc1c(Cl)cccc1Cl)CCNC2. The van der Waals surface area contributed by atoms with Crippen molar-refractivity contribution in [2.75, 3.05) is 6.54 Å². The van der Waals surface area contributed by atoms with Gasteiger partial charge < -0.3 is 5.32 Å². The van der Waals surface area contributed by atoms with Crippen molar-refractivity contribution in [2.45, 2.75) is 19.5 Å². The first-order valence-corrected chi connectivity index (χ1v) is 7.14. The van der Waals surface area contributed by atoms with E-state index in [0.717, 1.165) is 29.8 Å². The highest BCUT2D eigenvalue weighted by Gasteiger charge is 2.14. The minimum absolute atomic E-state index is 0.136. The van der Waals surface area contributed by atoms with E-state index in [9.17, 15) is 4.79 Å². The summed E-state index contributed by atoms with van der Waals surface area (Å²) in [4.78, 5) is 12.1. The highest BCUT2D eigenvalue weighted by Crippen LogP contribution is 2.24. The second-order valence-electron chi connectivity index (χ2n) is 4.74. The predicted octanol–water partition coefficient (Wildman–Crippen LogP) is 2.24. The van der Waals surface area contributed by atoms with E-state index >= 15 is 0 Å². The van der Waals surface area contributed by atoms with E-state index in [4.69, 9.17) is 23.2 Å². The Balaban J connectivity index is 2.01. The van der Waals surface area contributed by atoms with Gasteiger partial charge in [-0.3, -0.25) is 4.79 Å². The molecular weight excluding hydrogens is 297 g/mol. The summed E-state index contributed by atoms with van der Waals surface area (Å²) in [6.45, 7) is 1.87. The van der Waals surface area contributed by atoms with Gasteiger partial charge in [0, 0.05) is 41.2 Å². The molecule has 1 aliphatic rings. The van der Waals surface area contributed by atoms with Crippen molar-refractivity contribution in [3.8, 4) is 0 Å². The Morgan fingerprint density at radius 3 is 2.80 bits per heavy atom. The zero-order chi connectivity index (χ0) is 14.1. The van der Waals surface area contributed by atoms with E-state index < -0.39 is 0 Å². The summed E-state index contributed by atoms with van der Waals surface area (Å²) in [6, 6.07) is 6.94. The Labute approximate surface area is 126 Å². The Hall–Kier alpha value is -1.36. The second kappa shape index (κ2) is 5.56. The zero-order valence-electron chi connectivity index (χ0n) is 10.7. The number of halogens is 2. The molecule has 3 rings (SSSR count). The van der Waals surface area contributed by atoms with Crippen molar-refractivity contribution >= 4 is 23.2 Å². The standard InChI is InChI=1S/C14H13Cl2N3O/c15-11-2-1-3-12(16)10(11)8-19-14(20)6-9-7-17-5-4-13(9)18-19/h1-3,6,17H,4-5,7-8H2. The summed E-state index contributed by atoms with van der Waals surface area (Å²) in [5, 5.41) is 8.76. The van der Waals surface area contributed by atoms with Gasteiger partial charge in [0.25, 0.3) is 5.56 Å². The Morgan fingerprint density at radius 2 is 2.05 bits per heavy atom. The lowest BCUT2D eigenvalue weighted by Crippen LogP contribution is -2.32. The summed E-state index contributed by atoms with van der Waals surface area (Å²) in [7, 11) is 0. The highest BCUT2D eigenvalue weighted by molar-refractivity contribution is 6.35. The average Bonchev–Trinajstić information content (AvgIpc) is 2.43. The predicted molar refractivity (Wildman–Crippen MR) is 79.5 cm³/mol. The maximum atomic E-state index is 12.1. The first-order chi connectivity index (χ1) is 9.65. The molecular formula is C14H13Cl2N3O. The fourth-order valence-electron chi connectivity index (χ4n) is 2.31. The number of nitrogens with one attached hydrogen (secondary N) is 1. The van der Waals surface area contributed by atoms with Gasteiger partial charge in [0.2, 0.25) is 0 Å². The van der Waals surface area contributed by atoms with Gasteiger partial charge in [-0.1, -0.05) is 29.3 Å². The molecule has 0 unspecified atom stereocenters. The average molecular weight is 310 g/mol. The lowest BCUT2D eigenvalue weighted by Gasteiger charge is -2.17. The number of hydrogen-bond acceptors (Lipinski definition) is 3. The number of rotatable bonds is 2. The maximum absolute atomic E-state index is 12.1. The third-order valence-corrected chi connectivity index (χ3v) is 4.10. The summed E-state index contributed by atoms with van der Waals surface area (Å²) < 4.78 is 1.43. The van der Waals surface area contributed by atoms with Crippen LogP contribution in [0.4, 0.5) is 0 Å². The molecule has 1 N–H and O–H groups in total. The van der Waals surface area contributed by atoms with Crippen LogP contribution in [0.1, 0.15) is 16.8 Å². The van der Waals surface area contributed by atoms with Crippen LogP contribution in [0.25, 0.3) is 0 Å². The van der Waals surface area contributed by atoms with Crippen LogP contribution in [0.3, 0.4) is 0 Å². The van der Waals surface area contributed by atoms with Crippen LogP contribution in [-0.2, 0) is 19.5 Å². The van der Waals surface area contributed by atoms with Crippen LogP contribution < -0.4 is 10.9 Å². The molecule has 0 bridgehead atoms. The maximum Gasteiger partial charge on any atom is 0.267 e. The van der Waals surface area contributed by atoms with Gasteiger partial charge in [0.05, 0.1) is 12.2 Å². The highest BCUT2D eigenvalue weighted by atomic mass is 35.5. The number of nitrogens with zero attached hydrogens (tertiary/aromatic N) is 2. The normalized spacial score (nSPS) is 14.1. The van der Waals surface area contributed by atoms with Crippen molar-refractivity contribution in [3.63, 3.8) is 0 Å². The van der Waals surface area contributed by atoms with Crippen LogP contribution >= 0.6 is 23.2 Å². The van der Waals surface area contributed by atoms with E-state index in [2.05, 4.69) is 10.4 Å². The monoisotopic (exact) mass is 309 g/mol. The minimum Gasteiger partial charge on any atom is -0.312 e. The third kappa shape index (κ3) is 2.59. The number of benzene rings is 1. The number of aromatic nitrogens is 2. The first-order valence-electron chi connectivity index (χ1n) is 6.38. The van der Waals surface area contributed by atoms with Crippen LogP contribution in [0.5, 0.6) is 0 Å². The molecule has 1 aromatic carbocycles. The molecule has 0 atom stereocenters. The minimum atomic E-state index is -0.136. The van der Waals surface area contributed by atoms with Crippen molar-refractivity contribution < 1.29 is 0 Å². The molecule has 104 valence electrons. The lowest BCUT2D eigenvalue weighted by molar-refractivity contribution is 0.562. The van der Waals surface area contributed by atoms with Gasteiger partial charge in [-0.15, -0.1) is 0 Å². The smallest absolute Gasteiger partial charge is 0.267 e. The first kappa shape index (κ1) is 13.6.